The van der Waals surface area contributed by atoms with Gasteiger partial charge in [0.15, 0.2) is 0 Å². The molecule has 0 spiro atoms. The van der Waals surface area contributed by atoms with E-state index in [0.29, 0.717) is 35.4 Å². The second-order valence-corrected chi connectivity index (χ2v) is 11.3. The Morgan fingerprint density at radius 3 is 2.50 bits per heavy atom. The summed E-state index contributed by atoms with van der Waals surface area (Å²) < 4.78 is 34.4. The van der Waals surface area contributed by atoms with E-state index in [1.807, 2.05) is 6.92 Å². The number of hydrogen-bond acceptors (Lipinski definition) is 6. The minimum absolute atomic E-state index is 0.0192. The highest BCUT2D eigenvalue weighted by Crippen LogP contribution is 2.30. The first-order chi connectivity index (χ1) is 18.3. The number of benzene rings is 2. The largest absolute Gasteiger partial charge is 0.465 e. The predicted molar refractivity (Wildman–Crippen MR) is 142 cm³/mol. The third-order valence-corrected chi connectivity index (χ3v) is 8.79. The van der Waals surface area contributed by atoms with Crippen LogP contribution in [0.1, 0.15) is 30.1 Å². The van der Waals surface area contributed by atoms with Crippen LogP contribution in [0.3, 0.4) is 0 Å². The number of rotatable bonds is 5. The molecule has 3 unspecified atom stereocenters. The maximum absolute atomic E-state index is 13.5. The molecule has 2 amide bonds. The van der Waals surface area contributed by atoms with Crippen LogP contribution in [0.15, 0.2) is 65.7 Å². The Morgan fingerprint density at radius 2 is 1.79 bits per heavy atom. The topological polar surface area (TPSA) is 129 Å². The molecule has 200 valence electrons. The highest BCUT2D eigenvalue weighted by Gasteiger charge is 2.43. The molecule has 2 fully saturated rings. The summed E-state index contributed by atoms with van der Waals surface area (Å²) in [6.07, 6.45) is 2.27. The van der Waals surface area contributed by atoms with Gasteiger partial charge in [0.05, 0.1) is 24.2 Å². The van der Waals surface area contributed by atoms with Crippen molar-refractivity contribution < 1.29 is 27.9 Å². The molecule has 0 radical (unpaired) electrons. The fourth-order valence-corrected chi connectivity index (χ4v) is 6.79. The number of nitrogens with one attached hydrogen (secondary N) is 1. The number of carbonyl (C=O) groups excluding carboxylic acids is 1. The molecule has 3 heterocycles. The van der Waals surface area contributed by atoms with E-state index in [4.69, 9.17) is 4.74 Å². The first-order valence-electron chi connectivity index (χ1n) is 12.6. The van der Waals surface area contributed by atoms with Crippen LogP contribution in [0.5, 0.6) is 0 Å². The maximum Gasteiger partial charge on any atom is 0.407 e. The van der Waals surface area contributed by atoms with Crippen molar-refractivity contribution in [3.63, 3.8) is 0 Å². The Labute approximate surface area is 221 Å². The molecule has 11 heteroatoms. The Morgan fingerprint density at radius 1 is 1.05 bits per heavy atom. The van der Waals surface area contributed by atoms with Crippen molar-refractivity contribution in [3.8, 4) is 0 Å². The van der Waals surface area contributed by atoms with Crippen molar-refractivity contribution in [2.24, 2.45) is 5.92 Å². The molecule has 0 saturated carbocycles. The number of fused-ring (bicyclic) bond motifs is 1. The average molecular weight is 539 g/mol. The van der Waals surface area contributed by atoms with Crippen molar-refractivity contribution in [2.45, 2.75) is 36.7 Å². The van der Waals surface area contributed by atoms with Gasteiger partial charge >= 0.3 is 6.09 Å². The molecule has 38 heavy (non-hydrogen) atoms. The Bertz CT molecular complexity index is 1430. The second-order valence-electron chi connectivity index (χ2n) is 9.70. The molecule has 3 aromatic rings. The lowest BCUT2D eigenvalue weighted by Crippen LogP contribution is -2.64. The van der Waals surface area contributed by atoms with Crippen LogP contribution in [0.2, 0.25) is 0 Å². The molecule has 0 aliphatic carbocycles. The number of anilines is 1. The van der Waals surface area contributed by atoms with Gasteiger partial charge in [-0.15, -0.1) is 0 Å². The van der Waals surface area contributed by atoms with Crippen molar-refractivity contribution in [3.05, 3.63) is 66.4 Å². The van der Waals surface area contributed by atoms with E-state index < -0.39 is 16.1 Å². The molecule has 2 aliphatic heterocycles. The SMILES string of the molecule is CC1C(C2CCCOC2)N(C(=O)O)CCN1C(=O)c1ccc(NS(=O)(=O)c2cccc3cccnc23)cc1. The fraction of sp³-hybridized carbons (Fsp3) is 0.370. The second kappa shape index (κ2) is 10.6. The summed E-state index contributed by atoms with van der Waals surface area (Å²) >= 11 is 0. The van der Waals surface area contributed by atoms with Gasteiger partial charge in [-0.1, -0.05) is 18.2 Å². The summed E-state index contributed by atoms with van der Waals surface area (Å²) in [7, 11) is -3.92. The standard InChI is InChI=1S/C27H30N4O6S/c1-18-25(21-7-4-16-37-17-21)31(27(33)34)15-14-30(18)26(32)20-9-11-22(12-10-20)29-38(35,36)23-8-2-5-19-6-3-13-28-24(19)23/h2-3,5-6,8-13,18,21,25,29H,4,7,14-17H2,1H3,(H,33,34). The molecule has 2 saturated heterocycles. The van der Waals surface area contributed by atoms with Crippen molar-refractivity contribution in [1.29, 1.82) is 0 Å². The van der Waals surface area contributed by atoms with Gasteiger partial charge in [-0.25, -0.2) is 13.2 Å². The van der Waals surface area contributed by atoms with Crippen LogP contribution in [0.4, 0.5) is 10.5 Å². The summed E-state index contributed by atoms with van der Waals surface area (Å²) in [5, 5.41) is 10.5. The normalized spacial score (nSPS) is 22.3. The smallest absolute Gasteiger partial charge is 0.407 e. The first-order valence-corrected chi connectivity index (χ1v) is 14.1. The molecule has 2 N–H and O–H groups in total. The summed E-state index contributed by atoms with van der Waals surface area (Å²) in [6, 6.07) is 14.1. The molecule has 3 atom stereocenters. The molecular formula is C27H30N4O6S. The van der Waals surface area contributed by atoms with Crippen LogP contribution < -0.4 is 4.72 Å². The van der Waals surface area contributed by atoms with Gasteiger partial charge < -0.3 is 19.6 Å². The van der Waals surface area contributed by atoms with Gasteiger partial charge in [0.2, 0.25) is 0 Å². The number of carbonyl (C=O) groups is 2. The zero-order valence-corrected chi connectivity index (χ0v) is 21.8. The Hall–Kier alpha value is -3.70. The first kappa shape index (κ1) is 25.9. The Balaban J connectivity index is 1.33. The molecule has 2 aliphatic rings. The number of nitrogens with zero attached hydrogens (tertiary/aromatic N) is 3. The summed E-state index contributed by atoms with van der Waals surface area (Å²) in [5.41, 5.74) is 1.09. The molecule has 1 aromatic heterocycles. The summed E-state index contributed by atoms with van der Waals surface area (Å²) in [4.78, 5) is 32.8. The Kier molecular flexibility index (Phi) is 7.22. The van der Waals surface area contributed by atoms with Gasteiger partial charge in [0.25, 0.3) is 15.9 Å². The zero-order valence-electron chi connectivity index (χ0n) is 21.0. The lowest BCUT2D eigenvalue weighted by atomic mass is 9.86. The minimum atomic E-state index is -3.92. The van der Waals surface area contributed by atoms with E-state index in [2.05, 4.69) is 9.71 Å². The molecule has 2 aromatic carbocycles. The van der Waals surface area contributed by atoms with Gasteiger partial charge in [0.1, 0.15) is 4.90 Å². The van der Waals surface area contributed by atoms with Gasteiger partial charge in [-0.05, 0) is 56.2 Å². The number of ether oxygens (including phenoxy) is 1. The van der Waals surface area contributed by atoms with Crippen LogP contribution in [-0.4, -0.2) is 78.7 Å². The molecular weight excluding hydrogens is 508 g/mol. The highest BCUT2D eigenvalue weighted by molar-refractivity contribution is 7.93. The number of piperazine rings is 1. The summed E-state index contributed by atoms with van der Waals surface area (Å²) in [5.74, 6) is -0.206. The fourth-order valence-electron chi connectivity index (χ4n) is 5.56. The van der Waals surface area contributed by atoms with E-state index in [1.165, 1.54) is 11.0 Å². The van der Waals surface area contributed by atoms with Gasteiger partial charge in [-0.2, -0.15) is 0 Å². The quantitative estimate of drug-likeness (QED) is 0.507. The van der Waals surface area contributed by atoms with E-state index >= 15 is 0 Å². The maximum atomic E-state index is 13.5. The molecule has 0 bridgehead atoms. The van der Waals surface area contributed by atoms with Crippen molar-refractivity contribution in [2.75, 3.05) is 31.0 Å². The van der Waals surface area contributed by atoms with Crippen LogP contribution in [-0.2, 0) is 14.8 Å². The minimum Gasteiger partial charge on any atom is -0.465 e. The summed E-state index contributed by atoms with van der Waals surface area (Å²) in [6.45, 7) is 3.53. The number of aromatic nitrogens is 1. The highest BCUT2D eigenvalue weighted by atomic mass is 32.2. The number of carboxylic acid groups (broad SMARTS) is 1. The molecule has 10 nitrogen and oxygen atoms in total. The predicted octanol–water partition coefficient (Wildman–Crippen LogP) is 3.66. The molecule has 5 rings (SSSR count). The van der Waals surface area contributed by atoms with Gasteiger partial charge in [0, 0.05) is 48.4 Å². The van der Waals surface area contributed by atoms with Crippen LogP contribution >= 0.6 is 0 Å². The van der Waals surface area contributed by atoms with Crippen molar-refractivity contribution >= 4 is 38.6 Å². The van der Waals surface area contributed by atoms with E-state index in [9.17, 15) is 23.1 Å². The average Bonchev–Trinajstić information content (AvgIpc) is 2.92. The number of sulfonamides is 1. The number of para-hydroxylation sites is 1. The van der Waals surface area contributed by atoms with Crippen LogP contribution in [0.25, 0.3) is 10.9 Å². The van der Waals surface area contributed by atoms with E-state index in [0.717, 1.165) is 12.8 Å². The lowest BCUT2D eigenvalue weighted by Gasteiger charge is -2.48. The van der Waals surface area contributed by atoms with E-state index in [-0.39, 0.29) is 41.9 Å². The lowest BCUT2D eigenvalue weighted by molar-refractivity contribution is -0.0334. The number of pyridine rings is 1. The zero-order chi connectivity index (χ0) is 26.9. The third kappa shape index (κ3) is 5.03. The number of amides is 2. The van der Waals surface area contributed by atoms with Crippen molar-refractivity contribution in [1.82, 2.24) is 14.8 Å². The van der Waals surface area contributed by atoms with E-state index in [1.54, 1.807) is 59.6 Å². The van der Waals surface area contributed by atoms with Crippen LogP contribution in [0, 0.1) is 5.92 Å². The number of hydrogen-bond donors (Lipinski definition) is 2. The van der Waals surface area contributed by atoms with Gasteiger partial charge in [-0.3, -0.25) is 14.5 Å². The third-order valence-electron chi connectivity index (χ3n) is 7.38. The monoisotopic (exact) mass is 538 g/mol.